The van der Waals surface area contributed by atoms with Crippen LogP contribution in [0.1, 0.15) is 64.6 Å². The monoisotopic (exact) mass is 500 g/mol. The summed E-state index contributed by atoms with van der Waals surface area (Å²) in [6.45, 7) is 2.51. The first-order chi connectivity index (χ1) is 18.1. The third-order valence-corrected chi connectivity index (χ3v) is 7.54. The number of carbonyl (C=O) groups excluding carboxylic acids is 3. The molecule has 3 amide bonds. The average molecular weight is 501 g/mol. The lowest BCUT2D eigenvalue weighted by Crippen LogP contribution is -2.49. The van der Waals surface area contributed by atoms with Gasteiger partial charge in [-0.25, -0.2) is 4.98 Å². The Morgan fingerprint density at radius 1 is 0.946 bits per heavy atom. The maximum atomic E-state index is 12.8. The summed E-state index contributed by atoms with van der Waals surface area (Å²) in [4.78, 5) is 52.1. The van der Waals surface area contributed by atoms with Crippen molar-refractivity contribution in [3.63, 3.8) is 0 Å². The normalized spacial score (nSPS) is 18.1. The van der Waals surface area contributed by atoms with E-state index in [0.29, 0.717) is 49.0 Å². The Labute approximate surface area is 214 Å². The number of amides is 3. The molecule has 0 unspecified atom stereocenters. The molecule has 2 aliphatic heterocycles. The molecule has 1 saturated heterocycles. The number of fused-ring (bicyclic) bond motifs is 1. The summed E-state index contributed by atoms with van der Waals surface area (Å²) < 4.78 is 5.49. The number of aromatic nitrogens is 3. The first kappa shape index (κ1) is 23.3. The minimum atomic E-state index is -0.330. The molecule has 1 saturated carbocycles. The van der Waals surface area contributed by atoms with E-state index in [0.717, 1.165) is 30.1 Å². The molecule has 0 bridgehead atoms. The van der Waals surface area contributed by atoms with Crippen molar-refractivity contribution in [2.24, 2.45) is 0 Å². The fraction of sp³-hybridized carbons (Fsp3) is 0.407. The standard InChI is InChI=1S/C27H28N6O4/c34-23(11-12-33-26(35)20-7-3-4-8-21(20)27(33)36)32-15-13-31(14-16-32)22-10-9-19(17-28-22)24-29-25(37-30-24)18-5-1-2-6-18/h3-4,7-10,17-18H,1-2,5-6,11-16H2. The number of carbonyl (C=O) groups is 3. The molecule has 0 atom stereocenters. The molecular weight excluding hydrogens is 472 g/mol. The molecule has 190 valence electrons. The van der Waals surface area contributed by atoms with Gasteiger partial charge in [0.05, 0.1) is 11.1 Å². The topological polar surface area (TPSA) is 113 Å². The Morgan fingerprint density at radius 3 is 2.30 bits per heavy atom. The van der Waals surface area contributed by atoms with Crippen molar-refractivity contribution in [1.29, 1.82) is 0 Å². The van der Waals surface area contributed by atoms with Gasteiger partial charge in [0.15, 0.2) is 0 Å². The molecule has 2 aromatic heterocycles. The number of piperazine rings is 1. The van der Waals surface area contributed by atoms with E-state index in [1.165, 1.54) is 17.7 Å². The van der Waals surface area contributed by atoms with Gasteiger partial charge in [0.25, 0.3) is 11.8 Å². The quantitative estimate of drug-likeness (QED) is 0.475. The van der Waals surface area contributed by atoms with Crippen molar-refractivity contribution in [2.75, 3.05) is 37.6 Å². The lowest BCUT2D eigenvalue weighted by molar-refractivity contribution is -0.131. The van der Waals surface area contributed by atoms with E-state index in [1.54, 1.807) is 35.4 Å². The molecule has 10 heteroatoms. The van der Waals surface area contributed by atoms with Crippen LogP contribution >= 0.6 is 0 Å². The van der Waals surface area contributed by atoms with Crippen molar-refractivity contribution in [3.05, 3.63) is 59.6 Å². The van der Waals surface area contributed by atoms with Crippen LogP contribution in [0.25, 0.3) is 11.4 Å². The molecule has 10 nitrogen and oxygen atoms in total. The van der Waals surface area contributed by atoms with Crippen LogP contribution in [0.5, 0.6) is 0 Å². The molecule has 37 heavy (non-hydrogen) atoms. The Kier molecular flexibility index (Phi) is 6.15. The van der Waals surface area contributed by atoms with Crippen molar-refractivity contribution in [2.45, 2.75) is 38.0 Å². The summed E-state index contributed by atoms with van der Waals surface area (Å²) in [6, 6.07) is 10.7. The highest BCUT2D eigenvalue weighted by Gasteiger charge is 2.35. The van der Waals surface area contributed by atoms with Crippen LogP contribution in [0.3, 0.4) is 0 Å². The van der Waals surface area contributed by atoms with E-state index >= 15 is 0 Å². The van der Waals surface area contributed by atoms with Crippen LogP contribution in [0.2, 0.25) is 0 Å². The number of pyridine rings is 1. The molecule has 1 aliphatic carbocycles. The highest BCUT2D eigenvalue weighted by Crippen LogP contribution is 2.34. The fourth-order valence-electron chi connectivity index (χ4n) is 5.39. The smallest absolute Gasteiger partial charge is 0.261 e. The maximum Gasteiger partial charge on any atom is 0.261 e. The van der Waals surface area contributed by atoms with Gasteiger partial charge in [-0.3, -0.25) is 19.3 Å². The predicted octanol–water partition coefficient (Wildman–Crippen LogP) is 3.12. The first-order valence-corrected chi connectivity index (χ1v) is 12.9. The van der Waals surface area contributed by atoms with E-state index < -0.39 is 0 Å². The zero-order chi connectivity index (χ0) is 25.4. The van der Waals surface area contributed by atoms with Gasteiger partial charge in [-0.15, -0.1) is 0 Å². The van der Waals surface area contributed by atoms with Crippen molar-refractivity contribution in [1.82, 2.24) is 24.9 Å². The number of benzene rings is 1. The Balaban J connectivity index is 1.01. The molecule has 0 radical (unpaired) electrons. The average Bonchev–Trinajstić information content (AvgIpc) is 3.69. The van der Waals surface area contributed by atoms with E-state index in [2.05, 4.69) is 20.0 Å². The largest absolute Gasteiger partial charge is 0.353 e. The highest BCUT2D eigenvalue weighted by atomic mass is 16.5. The van der Waals surface area contributed by atoms with Crippen LogP contribution in [-0.2, 0) is 4.79 Å². The number of rotatable bonds is 6. The van der Waals surface area contributed by atoms with E-state index in [-0.39, 0.29) is 30.7 Å². The van der Waals surface area contributed by atoms with Crippen LogP contribution < -0.4 is 4.90 Å². The van der Waals surface area contributed by atoms with Gasteiger partial charge in [0, 0.05) is 56.8 Å². The first-order valence-electron chi connectivity index (χ1n) is 12.9. The number of nitrogens with zero attached hydrogens (tertiary/aromatic N) is 6. The minimum absolute atomic E-state index is 0.0605. The van der Waals surface area contributed by atoms with Crippen molar-refractivity contribution < 1.29 is 18.9 Å². The molecular formula is C27H28N6O4. The third kappa shape index (κ3) is 4.47. The van der Waals surface area contributed by atoms with Gasteiger partial charge in [-0.05, 0) is 37.1 Å². The SMILES string of the molecule is O=C(CCN1C(=O)c2ccccc2C1=O)N1CCN(c2ccc(-c3noc(C4CCCC4)n3)cn2)CC1. The van der Waals surface area contributed by atoms with E-state index in [9.17, 15) is 14.4 Å². The second-order valence-corrected chi connectivity index (χ2v) is 9.77. The Morgan fingerprint density at radius 2 is 1.65 bits per heavy atom. The lowest BCUT2D eigenvalue weighted by atomic mass is 10.1. The van der Waals surface area contributed by atoms with Gasteiger partial charge >= 0.3 is 0 Å². The summed E-state index contributed by atoms with van der Waals surface area (Å²) in [6.07, 6.45) is 6.52. The molecule has 1 aromatic carbocycles. The molecule has 0 N–H and O–H groups in total. The van der Waals surface area contributed by atoms with Gasteiger partial charge in [-0.2, -0.15) is 4.98 Å². The molecule has 6 rings (SSSR count). The number of anilines is 1. The molecule has 3 aliphatic rings. The number of hydrogen-bond acceptors (Lipinski definition) is 8. The molecule has 2 fully saturated rings. The van der Waals surface area contributed by atoms with Gasteiger partial charge < -0.3 is 14.3 Å². The van der Waals surface area contributed by atoms with Gasteiger partial charge in [-0.1, -0.05) is 30.1 Å². The summed E-state index contributed by atoms with van der Waals surface area (Å²) in [7, 11) is 0. The minimum Gasteiger partial charge on any atom is -0.353 e. The van der Waals surface area contributed by atoms with Crippen LogP contribution in [0.4, 0.5) is 5.82 Å². The number of hydrogen-bond donors (Lipinski definition) is 0. The highest BCUT2D eigenvalue weighted by molar-refractivity contribution is 6.21. The second kappa shape index (κ2) is 9.76. The summed E-state index contributed by atoms with van der Waals surface area (Å²) in [5, 5.41) is 4.14. The van der Waals surface area contributed by atoms with E-state index in [1.807, 2.05) is 12.1 Å². The molecule has 4 heterocycles. The van der Waals surface area contributed by atoms with Crippen LogP contribution in [0, 0.1) is 0 Å². The van der Waals surface area contributed by atoms with Crippen LogP contribution in [-0.4, -0.2) is 75.4 Å². The second-order valence-electron chi connectivity index (χ2n) is 9.77. The predicted molar refractivity (Wildman–Crippen MR) is 134 cm³/mol. The summed E-state index contributed by atoms with van der Waals surface area (Å²) in [5.41, 5.74) is 1.63. The zero-order valence-corrected chi connectivity index (χ0v) is 20.5. The van der Waals surface area contributed by atoms with E-state index in [4.69, 9.17) is 4.52 Å². The molecule has 3 aromatic rings. The van der Waals surface area contributed by atoms with Gasteiger partial charge in [0.1, 0.15) is 5.82 Å². The molecule has 0 spiro atoms. The Hall–Kier alpha value is -4.08. The fourth-order valence-corrected chi connectivity index (χ4v) is 5.39. The van der Waals surface area contributed by atoms with Crippen molar-refractivity contribution >= 4 is 23.5 Å². The van der Waals surface area contributed by atoms with Crippen molar-refractivity contribution in [3.8, 4) is 11.4 Å². The maximum absolute atomic E-state index is 12.8. The Bertz CT molecular complexity index is 1290. The lowest BCUT2D eigenvalue weighted by Gasteiger charge is -2.35. The van der Waals surface area contributed by atoms with Crippen LogP contribution in [0.15, 0.2) is 47.1 Å². The number of imide groups is 1. The third-order valence-electron chi connectivity index (χ3n) is 7.54. The summed E-state index contributed by atoms with van der Waals surface area (Å²) >= 11 is 0. The summed E-state index contributed by atoms with van der Waals surface area (Å²) in [5.74, 6) is 1.78. The van der Waals surface area contributed by atoms with Gasteiger partial charge in [0.2, 0.25) is 17.6 Å². The zero-order valence-electron chi connectivity index (χ0n) is 20.5.